The third-order valence-electron chi connectivity index (χ3n) is 2.08. The van der Waals surface area contributed by atoms with Crippen LogP contribution in [-0.4, -0.2) is 11.7 Å². The van der Waals surface area contributed by atoms with E-state index in [0.29, 0.717) is 12.0 Å². The quantitative estimate of drug-likeness (QED) is 0.743. The molecule has 0 bridgehead atoms. The minimum atomic E-state index is -0.411. The molecular weight excluding hydrogens is 169 g/mol. The Balaban J connectivity index is 2.99. The van der Waals surface area contributed by atoms with Gasteiger partial charge in [0.15, 0.2) is 0 Å². The van der Waals surface area contributed by atoms with Crippen LogP contribution in [-0.2, 0) is 6.42 Å². The first-order valence-electron chi connectivity index (χ1n) is 4.33. The zero-order chi connectivity index (χ0) is 9.84. The minimum Gasteiger partial charge on any atom is -0.394 e. The molecule has 0 radical (unpaired) electrons. The second kappa shape index (κ2) is 4.35. The molecule has 13 heavy (non-hydrogen) atoms. The van der Waals surface area contributed by atoms with Crippen molar-refractivity contribution in [2.75, 3.05) is 6.61 Å². The van der Waals surface area contributed by atoms with E-state index in [9.17, 15) is 4.39 Å². The van der Waals surface area contributed by atoms with Gasteiger partial charge in [-0.15, -0.1) is 0 Å². The summed E-state index contributed by atoms with van der Waals surface area (Å²) in [6.07, 6.45) is 0.637. The average molecular weight is 183 g/mol. The van der Waals surface area contributed by atoms with E-state index in [1.807, 2.05) is 6.92 Å². The largest absolute Gasteiger partial charge is 0.394 e. The number of aryl methyl sites for hydroxylation is 1. The maximum absolute atomic E-state index is 13.0. The second-order valence-corrected chi connectivity index (χ2v) is 2.99. The molecule has 1 aromatic rings. The fraction of sp³-hybridized carbons (Fsp3) is 0.400. The Bertz CT molecular complexity index is 288. The van der Waals surface area contributed by atoms with Crippen molar-refractivity contribution >= 4 is 0 Å². The van der Waals surface area contributed by atoms with E-state index >= 15 is 0 Å². The molecule has 0 spiro atoms. The van der Waals surface area contributed by atoms with Crippen molar-refractivity contribution in [1.82, 2.24) is 0 Å². The van der Waals surface area contributed by atoms with E-state index in [1.165, 1.54) is 6.07 Å². The highest BCUT2D eigenvalue weighted by Gasteiger charge is 2.07. The van der Waals surface area contributed by atoms with E-state index in [2.05, 4.69) is 0 Å². The summed E-state index contributed by atoms with van der Waals surface area (Å²) in [4.78, 5) is 0. The van der Waals surface area contributed by atoms with Gasteiger partial charge in [0.2, 0.25) is 0 Å². The molecule has 0 fully saturated rings. The first-order valence-corrected chi connectivity index (χ1v) is 4.33. The first-order chi connectivity index (χ1) is 6.19. The Hall–Kier alpha value is -0.930. The van der Waals surface area contributed by atoms with Crippen molar-refractivity contribution in [3.8, 4) is 0 Å². The molecule has 0 aromatic heterocycles. The van der Waals surface area contributed by atoms with Gasteiger partial charge in [0.05, 0.1) is 12.6 Å². The van der Waals surface area contributed by atoms with Gasteiger partial charge in [-0.2, -0.15) is 0 Å². The predicted molar refractivity (Wildman–Crippen MR) is 49.8 cm³/mol. The molecule has 0 aliphatic heterocycles. The van der Waals surface area contributed by atoms with Gasteiger partial charge < -0.3 is 10.8 Å². The SMILES string of the molecule is CCc1cc(C(N)CO)ccc1F. The topological polar surface area (TPSA) is 46.2 Å². The van der Waals surface area contributed by atoms with Crippen LogP contribution in [0.5, 0.6) is 0 Å². The van der Waals surface area contributed by atoms with Crippen LogP contribution in [0.2, 0.25) is 0 Å². The van der Waals surface area contributed by atoms with Gasteiger partial charge in [-0.3, -0.25) is 0 Å². The standard InChI is InChI=1S/C10H14FNO/c1-2-7-5-8(10(12)6-13)3-4-9(7)11/h3-5,10,13H,2,6,12H2,1H3. The summed E-state index contributed by atoms with van der Waals surface area (Å²) in [6.45, 7) is 1.77. The lowest BCUT2D eigenvalue weighted by Crippen LogP contribution is -2.14. The highest BCUT2D eigenvalue weighted by Crippen LogP contribution is 2.15. The highest BCUT2D eigenvalue weighted by atomic mass is 19.1. The van der Waals surface area contributed by atoms with Crippen LogP contribution in [0.15, 0.2) is 18.2 Å². The highest BCUT2D eigenvalue weighted by molar-refractivity contribution is 5.27. The van der Waals surface area contributed by atoms with Crippen molar-refractivity contribution < 1.29 is 9.50 Å². The fourth-order valence-corrected chi connectivity index (χ4v) is 1.20. The Kier molecular flexibility index (Phi) is 3.39. The van der Waals surface area contributed by atoms with Crippen LogP contribution in [0.4, 0.5) is 4.39 Å². The third-order valence-corrected chi connectivity index (χ3v) is 2.08. The van der Waals surface area contributed by atoms with Crippen LogP contribution < -0.4 is 5.73 Å². The van der Waals surface area contributed by atoms with Gasteiger partial charge in [0.1, 0.15) is 5.82 Å². The van der Waals surface area contributed by atoms with Gasteiger partial charge in [-0.25, -0.2) is 4.39 Å². The summed E-state index contributed by atoms with van der Waals surface area (Å²) in [5, 5.41) is 8.80. The molecule has 3 N–H and O–H groups in total. The number of aliphatic hydroxyl groups excluding tert-OH is 1. The Morgan fingerprint density at radius 1 is 1.54 bits per heavy atom. The third kappa shape index (κ3) is 2.26. The molecule has 72 valence electrons. The lowest BCUT2D eigenvalue weighted by atomic mass is 10.0. The molecule has 1 rings (SSSR count). The molecule has 2 nitrogen and oxygen atoms in total. The lowest BCUT2D eigenvalue weighted by molar-refractivity contribution is 0.268. The number of aliphatic hydroxyl groups is 1. The van der Waals surface area contributed by atoms with Crippen molar-refractivity contribution in [1.29, 1.82) is 0 Å². The van der Waals surface area contributed by atoms with Gasteiger partial charge in [-0.1, -0.05) is 19.1 Å². The maximum Gasteiger partial charge on any atom is 0.126 e. The van der Waals surface area contributed by atoms with Gasteiger partial charge in [0, 0.05) is 0 Å². The first kappa shape index (κ1) is 10.2. The zero-order valence-corrected chi connectivity index (χ0v) is 7.63. The summed E-state index contributed by atoms with van der Waals surface area (Å²) in [5.74, 6) is -0.212. The molecule has 3 heteroatoms. The summed E-state index contributed by atoms with van der Waals surface area (Å²) in [6, 6.07) is 4.29. The van der Waals surface area contributed by atoms with Crippen LogP contribution >= 0.6 is 0 Å². The van der Waals surface area contributed by atoms with Crippen LogP contribution in [0.1, 0.15) is 24.1 Å². The predicted octanol–water partition coefficient (Wildman–Crippen LogP) is 1.38. The van der Waals surface area contributed by atoms with E-state index in [-0.39, 0.29) is 12.4 Å². The van der Waals surface area contributed by atoms with Crippen molar-refractivity contribution in [2.45, 2.75) is 19.4 Å². The zero-order valence-electron chi connectivity index (χ0n) is 7.63. The summed E-state index contributed by atoms with van der Waals surface area (Å²) < 4.78 is 13.0. The van der Waals surface area contributed by atoms with E-state index < -0.39 is 6.04 Å². The monoisotopic (exact) mass is 183 g/mol. The summed E-state index contributed by atoms with van der Waals surface area (Å²) >= 11 is 0. The molecule has 0 saturated heterocycles. The maximum atomic E-state index is 13.0. The Labute approximate surface area is 77.2 Å². The second-order valence-electron chi connectivity index (χ2n) is 2.99. The molecule has 0 aliphatic carbocycles. The van der Waals surface area contributed by atoms with Gasteiger partial charge >= 0.3 is 0 Å². The summed E-state index contributed by atoms with van der Waals surface area (Å²) in [7, 11) is 0. The van der Waals surface area contributed by atoms with E-state index in [4.69, 9.17) is 10.8 Å². The Morgan fingerprint density at radius 2 is 2.23 bits per heavy atom. The van der Waals surface area contributed by atoms with Crippen LogP contribution in [0.25, 0.3) is 0 Å². The van der Waals surface area contributed by atoms with Crippen molar-refractivity contribution in [3.05, 3.63) is 35.1 Å². The molecule has 0 aliphatic rings. The number of rotatable bonds is 3. The average Bonchev–Trinajstić information content (AvgIpc) is 2.17. The van der Waals surface area contributed by atoms with Crippen LogP contribution in [0, 0.1) is 5.82 Å². The lowest BCUT2D eigenvalue weighted by Gasteiger charge is -2.10. The van der Waals surface area contributed by atoms with E-state index in [1.54, 1.807) is 12.1 Å². The molecule has 0 saturated carbocycles. The van der Waals surface area contributed by atoms with Crippen LogP contribution in [0.3, 0.4) is 0 Å². The number of hydrogen-bond acceptors (Lipinski definition) is 2. The van der Waals surface area contributed by atoms with E-state index in [0.717, 1.165) is 5.56 Å². The van der Waals surface area contributed by atoms with Crippen molar-refractivity contribution in [3.63, 3.8) is 0 Å². The number of halogens is 1. The smallest absolute Gasteiger partial charge is 0.126 e. The van der Waals surface area contributed by atoms with Gasteiger partial charge in [-0.05, 0) is 23.6 Å². The number of nitrogens with two attached hydrogens (primary N) is 1. The van der Waals surface area contributed by atoms with Gasteiger partial charge in [0.25, 0.3) is 0 Å². The molecule has 1 atom stereocenters. The normalized spacial score (nSPS) is 12.9. The molecule has 1 unspecified atom stereocenters. The number of hydrogen-bond donors (Lipinski definition) is 2. The molecule has 0 heterocycles. The molecule has 0 amide bonds. The molecule has 1 aromatic carbocycles. The van der Waals surface area contributed by atoms with Crippen molar-refractivity contribution in [2.24, 2.45) is 5.73 Å². The molecular formula is C10H14FNO. The number of benzene rings is 1. The Morgan fingerprint density at radius 3 is 2.77 bits per heavy atom. The fourth-order valence-electron chi connectivity index (χ4n) is 1.20. The summed E-state index contributed by atoms with van der Waals surface area (Å²) in [5.41, 5.74) is 7.01. The minimum absolute atomic E-state index is 0.116.